The lowest BCUT2D eigenvalue weighted by molar-refractivity contribution is -0.144. The Morgan fingerprint density at radius 3 is 1.52 bits per heavy atom. The number of nitrogens with one attached hydrogen (secondary N) is 8. The van der Waals surface area contributed by atoms with Crippen molar-refractivity contribution < 1.29 is 47.9 Å². The van der Waals surface area contributed by atoms with E-state index in [1.165, 1.54) is 34.1 Å². The Balaban J connectivity index is 0.938. The lowest BCUT2D eigenvalue weighted by Gasteiger charge is -2.36. The van der Waals surface area contributed by atoms with E-state index in [-0.39, 0.29) is 110 Å². The van der Waals surface area contributed by atoms with Gasteiger partial charge in [0.15, 0.2) is 11.6 Å². The van der Waals surface area contributed by atoms with Crippen LogP contribution < -0.4 is 42.5 Å². The van der Waals surface area contributed by atoms with Crippen LogP contribution in [0.25, 0.3) is 0 Å². The van der Waals surface area contributed by atoms with Crippen LogP contribution in [0.4, 0.5) is 0 Å². The summed E-state index contributed by atoms with van der Waals surface area (Å²) in [6.07, 6.45) is 4.97. The lowest BCUT2D eigenvalue weighted by Crippen LogP contribution is -2.59. The molecule has 20 nitrogen and oxygen atoms in total. The number of ketones is 2. The molecule has 10 atom stereocenters. The lowest BCUT2D eigenvalue weighted by atomic mass is 9.85. The number of benzene rings is 3. The van der Waals surface area contributed by atoms with Gasteiger partial charge in [-0.3, -0.25) is 47.9 Å². The number of rotatable bonds is 22. The molecular weight excluding hydrogens is 1070 g/mol. The number of carbonyl (C=O) groups is 10. The summed E-state index contributed by atoms with van der Waals surface area (Å²) in [6, 6.07) is 15.7. The van der Waals surface area contributed by atoms with Gasteiger partial charge in [0.05, 0.1) is 30.7 Å². The van der Waals surface area contributed by atoms with Crippen molar-refractivity contribution in [3.8, 4) is 0 Å². The van der Waals surface area contributed by atoms with Gasteiger partial charge >= 0.3 is 0 Å². The van der Waals surface area contributed by atoms with Crippen molar-refractivity contribution in [2.45, 2.75) is 180 Å². The smallest absolute Gasteiger partial charge is 0.251 e. The number of hydrogen-bond donors (Lipinski definition) is 8. The molecule has 2 aliphatic carbocycles. The molecule has 0 saturated carbocycles. The Bertz CT molecular complexity index is 2740. The van der Waals surface area contributed by atoms with Crippen molar-refractivity contribution in [1.82, 2.24) is 52.3 Å². The van der Waals surface area contributed by atoms with Crippen molar-refractivity contribution in [3.05, 3.63) is 106 Å². The van der Waals surface area contributed by atoms with E-state index in [2.05, 4.69) is 54.7 Å². The van der Waals surface area contributed by atoms with Gasteiger partial charge in [-0.15, -0.1) is 0 Å². The molecule has 7 rings (SSSR count). The quantitative estimate of drug-likeness (QED) is 0.0655. The molecule has 2 saturated heterocycles. The summed E-state index contributed by atoms with van der Waals surface area (Å²) in [5.74, 6) is -4.41. The summed E-state index contributed by atoms with van der Waals surface area (Å²) >= 11 is 0. The van der Waals surface area contributed by atoms with E-state index in [1.807, 2.05) is 77.9 Å². The van der Waals surface area contributed by atoms with Gasteiger partial charge in [0, 0.05) is 49.5 Å². The number of aryl methyl sites for hydroxylation is 2. The molecule has 454 valence electrons. The van der Waals surface area contributed by atoms with Crippen LogP contribution in [0.15, 0.2) is 72.8 Å². The first-order chi connectivity index (χ1) is 39.8. The Morgan fingerprint density at radius 1 is 0.571 bits per heavy atom. The fourth-order valence-electron chi connectivity index (χ4n) is 11.9. The third kappa shape index (κ3) is 16.1. The normalized spacial score (nSPS) is 21.7. The van der Waals surface area contributed by atoms with E-state index in [0.29, 0.717) is 0 Å². The minimum atomic E-state index is -0.989. The highest BCUT2D eigenvalue weighted by Crippen LogP contribution is 2.35. The van der Waals surface area contributed by atoms with Gasteiger partial charge in [0.25, 0.3) is 5.91 Å². The number of carbonyl (C=O) groups excluding carboxylic acids is 10. The second-order valence-electron chi connectivity index (χ2n) is 25.5. The predicted octanol–water partition coefficient (Wildman–Crippen LogP) is 4.31. The first-order valence-corrected chi connectivity index (χ1v) is 29.8. The van der Waals surface area contributed by atoms with Gasteiger partial charge in [-0.05, 0) is 130 Å². The summed E-state index contributed by atoms with van der Waals surface area (Å²) in [5.41, 5.74) is 3.37. The zero-order chi connectivity index (χ0) is 61.2. The molecule has 0 spiro atoms. The molecule has 0 aromatic heterocycles. The maximum absolute atomic E-state index is 14.6. The van der Waals surface area contributed by atoms with Crippen molar-refractivity contribution >= 4 is 58.8 Å². The number of likely N-dealkylation sites (tertiary alicyclic amines) is 2. The number of likely N-dealkylation sites (N-methyl/N-ethyl adjacent to an activating group) is 2. The third-order valence-electron chi connectivity index (χ3n) is 17.1. The molecular formula is C64H88N10O10. The average molecular weight is 1160 g/mol. The van der Waals surface area contributed by atoms with E-state index < -0.39 is 82.7 Å². The van der Waals surface area contributed by atoms with E-state index in [0.717, 1.165) is 60.8 Å². The number of hydrogen-bond acceptors (Lipinski definition) is 12. The van der Waals surface area contributed by atoms with Crippen LogP contribution in [0.1, 0.15) is 168 Å². The second kappa shape index (κ2) is 28.0. The Kier molecular flexibility index (Phi) is 21.4. The highest BCUT2D eigenvalue weighted by Gasteiger charge is 2.48. The minimum Gasteiger partial charge on any atom is -0.351 e. The number of amides is 8. The standard InChI is InChI=1S/C64H88N10O10/c1-37(65-9)56(78)71-54(63(3,4)5)61(83)73-35-39(32-50(73)59(81)69-48-23-15-19-40-17-11-13-21-46(40)48)31-45(75)34-67-58(80)43-27-25-42(26-28-43)52(76)29-30-53(77)68-44-33-51(60(82)70-49-24-16-20-41-18-12-14-22-47(41)49)74(36-44)62(84)55(64(6,7)8)72-57(79)38(2)66-10/h11-14,17-18,21-22,25-28,37-39,44,48-51,54-55,65-66H,15-16,19-20,23-24,29-36H2,1-10H3,(H,67,80)(H,68,77)(H,69,81)(H,70,82)(H,71,78)(H,72,79)/t37-,38-,39-,44-,48+,49+,50-,51-,54+,55+/m0/s1. The second-order valence-corrected chi connectivity index (χ2v) is 25.5. The fourth-order valence-corrected chi connectivity index (χ4v) is 11.9. The number of nitrogens with zero attached hydrogens (tertiary/aromatic N) is 2. The number of Topliss-reactive ketones (excluding diaryl/α,β-unsaturated/α-hetero) is 2. The fraction of sp³-hybridized carbons (Fsp3) is 0.562. The van der Waals surface area contributed by atoms with E-state index >= 15 is 0 Å². The van der Waals surface area contributed by atoms with Crippen LogP contribution in [-0.4, -0.2) is 145 Å². The number of fused-ring (bicyclic) bond motifs is 2. The predicted molar refractivity (Wildman–Crippen MR) is 318 cm³/mol. The largest absolute Gasteiger partial charge is 0.351 e. The molecule has 20 heteroatoms. The van der Waals surface area contributed by atoms with Crippen LogP contribution in [0, 0.1) is 16.7 Å². The summed E-state index contributed by atoms with van der Waals surface area (Å²) < 4.78 is 0. The minimum absolute atomic E-state index is 0.00401. The van der Waals surface area contributed by atoms with Crippen LogP contribution in [0.5, 0.6) is 0 Å². The molecule has 2 aliphatic heterocycles. The van der Waals surface area contributed by atoms with Gasteiger partial charge in [0.1, 0.15) is 24.2 Å². The zero-order valence-electron chi connectivity index (χ0n) is 50.6. The summed E-state index contributed by atoms with van der Waals surface area (Å²) in [7, 11) is 3.29. The molecule has 0 unspecified atom stereocenters. The third-order valence-corrected chi connectivity index (χ3v) is 17.1. The van der Waals surface area contributed by atoms with Crippen LogP contribution >= 0.6 is 0 Å². The van der Waals surface area contributed by atoms with Gasteiger partial charge < -0.3 is 52.3 Å². The molecule has 2 heterocycles. The molecule has 8 amide bonds. The van der Waals surface area contributed by atoms with Gasteiger partial charge in [-0.1, -0.05) is 102 Å². The molecule has 3 aromatic rings. The van der Waals surface area contributed by atoms with Crippen LogP contribution in [-0.2, 0) is 51.2 Å². The molecule has 4 aliphatic rings. The molecule has 0 bridgehead atoms. The monoisotopic (exact) mass is 1160 g/mol. The van der Waals surface area contributed by atoms with Gasteiger partial charge in [-0.25, -0.2) is 0 Å². The molecule has 8 N–H and O–H groups in total. The Morgan fingerprint density at radius 2 is 1.04 bits per heavy atom. The summed E-state index contributed by atoms with van der Waals surface area (Å²) in [6.45, 7) is 14.2. The van der Waals surface area contributed by atoms with Gasteiger partial charge in [0.2, 0.25) is 41.4 Å². The van der Waals surface area contributed by atoms with Crippen molar-refractivity contribution in [2.75, 3.05) is 33.7 Å². The zero-order valence-corrected chi connectivity index (χ0v) is 50.6. The van der Waals surface area contributed by atoms with Crippen molar-refractivity contribution in [1.29, 1.82) is 0 Å². The first-order valence-electron chi connectivity index (χ1n) is 29.8. The molecule has 84 heavy (non-hydrogen) atoms. The highest BCUT2D eigenvalue weighted by atomic mass is 16.2. The maximum atomic E-state index is 14.6. The first kappa shape index (κ1) is 64.2. The highest BCUT2D eigenvalue weighted by molar-refractivity contribution is 6.01. The summed E-state index contributed by atoms with van der Waals surface area (Å²) in [4.78, 5) is 141. The topological polar surface area (TPSA) is 273 Å². The van der Waals surface area contributed by atoms with E-state index in [9.17, 15) is 47.9 Å². The van der Waals surface area contributed by atoms with E-state index in [4.69, 9.17) is 0 Å². The Hall–Kier alpha value is -7.32. The van der Waals surface area contributed by atoms with Gasteiger partial charge in [-0.2, -0.15) is 0 Å². The van der Waals surface area contributed by atoms with Crippen molar-refractivity contribution in [3.63, 3.8) is 0 Å². The van der Waals surface area contributed by atoms with E-state index in [1.54, 1.807) is 27.9 Å². The molecule has 2 fully saturated rings. The average Bonchev–Trinajstić information content (AvgIpc) is 2.94. The Labute approximate surface area is 494 Å². The SMILES string of the molecule is CN[C@@H](C)C(=O)N[C@H](C(=O)N1C[C@@H](CC(=O)CNC(=O)c2ccc(C(=O)CCC(=O)N[C@H]3C[C@@H](C(=O)N[C@@H]4CCCc5ccccc54)N(C(=O)[C@@H](NC(=O)[C@H](C)NC)C(C)(C)C)C3)cc2)C[C@H]1C(=O)N[C@@H]1CCCc2ccccc21)C(C)(C)C. The molecule has 3 aromatic carbocycles. The van der Waals surface area contributed by atoms with Crippen LogP contribution in [0.3, 0.4) is 0 Å². The molecule has 0 radical (unpaired) electrons. The van der Waals surface area contributed by atoms with Crippen LogP contribution in [0.2, 0.25) is 0 Å². The van der Waals surface area contributed by atoms with Crippen molar-refractivity contribution in [2.24, 2.45) is 16.7 Å². The summed E-state index contributed by atoms with van der Waals surface area (Å²) in [5, 5.41) is 23.6. The maximum Gasteiger partial charge on any atom is 0.251 e.